The molecular formula is C12H23N. The fraction of sp³-hybridized carbons (Fsp3) is 1.00. The second-order valence-electron chi connectivity index (χ2n) is 5.72. The summed E-state index contributed by atoms with van der Waals surface area (Å²) < 4.78 is 0. The number of hydrogen-bond acceptors (Lipinski definition) is 1. The second kappa shape index (κ2) is 2.73. The second-order valence-corrected chi connectivity index (χ2v) is 5.72. The van der Waals surface area contributed by atoms with Gasteiger partial charge < -0.3 is 5.32 Å². The van der Waals surface area contributed by atoms with Crippen molar-refractivity contribution in [3.63, 3.8) is 0 Å². The maximum absolute atomic E-state index is 3.67. The van der Waals surface area contributed by atoms with Crippen LogP contribution in [0.25, 0.3) is 0 Å². The molecule has 2 aliphatic rings. The Labute approximate surface area is 82.3 Å². The minimum absolute atomic E-state index is 0.563. The molecule has 13 heavy (non-hydrogen) atoms. The van der Waals surface area contributed by atoms with Crippen molar-refractivity contribution in [1.29, 1.82) is 0 Å². The highest BCUT2D eigenvalue weighted by atomic mass is 15.0. The van der Waals surface area contributed by atoms with Crippen molar-refractivity contribution in [2.75, 3.05) is 6.54 Å². The van der Waals surface area contributed by atoms with E-state index in [0.717, 1.165) is 18.5 Å². The molecule has 2 rings (SSSR count). The van der Waals surface area contributed by atoms with E-state index < -0.39 is 0 Å². The van der Waals surface area contributed by atoms with E-state index in [4.69, 9.17) is 0 Å². The van der Waals surface area contributed by atoms with Crippen LogP contribution in [0.4, 0.5) is 0 Å². The van der Waals surface area contributed by atoms with Gasteiger partial charge in [-0.1, -0.05) is 27.7 Å². The molecule has 76 valence electrons. The Bertz CT molecular complexity index is 209. The Kier molecular flexibility index (Phi) is 1.99. The summed E-state index contributed by atoms with van der Waals surface area (Å²) in [6.07, 6.45) is 4.31. The molecule has 0 saturated heterocycles. The average Bonchev–Trinajstić information content (AvgIpc) is 2.37. The molecule has 2 fully saturated rings. The van der Waals surface area contributed by atoms with Gasteiger partial charge in [0, 0.05) is 6.04 Å². The van der Waals surface area contributed by atoms with Crippen LogP contribution in [0.5, 0.6) is 0 Å². The summed E-state index contributed by atoms with van der Waals surface area (Å²) in [5.41, 5.74) is 1.13. The molecule has 0 unspecified atom stereocenters. The third-order valence-corrected chi connectivity index (χ3v) is 5.24. The van der Waals surface area contributed by atoms with Crippen LogP contribution in [0.2, 0.25) is 0 Å². The number of rotatable bonds is 2. The van der Waals surface area contributed by atoms with E-state index in [0.29, 0.717) is 10.8 Å². The van der Waals surface area contributed by atoms with Crippen LogP contribution in [-0.2, 0) is 0 Å². The van der Waals surface area contributed by atoms with Gasteiger partial charge in [0.25, 0.3) is 0 Å². The van der Waals surface area contributed by atoms with E-state index in [1.54, 1.807) is 0 Å². The molecule has 2 bridgehead atoms. The summed E-state index contributed by atoms with van der Waals surface area (Å²) >= 11 is 0. The molecule has 1 N–H and O–H groups in total. The Morgan fingerprint density at radius 3 is 2.38 bits per heavy atom. The summed E-state index contributed by atoms with van der Waals surface area (Å²) in [5.74, 6) is 0.974. The summed E-state index contributed by atoms with van der Waals surface area (Å²) in [5, 5.41) is 3.67. The summed E-state index contributed by atoms with van der Waals surface area (Å²) in [6.45, 7) is 10.8. The minimum Gasteiger partial charge on any atom is -0.314 e. The van der Waals surface area contributed by atoms with Crippen LogP contribution in [-0.4, -0.2) is 12.6 Å². The SMILES string of the molecule is CCN[C@@H]1C[C@@H]2CC[C@@]1(C)C2(C)C. The largest absolute Gasteiger partial charge is 0.314 e. The summed E-state index contributed by atoms with van der Waals surface area (Å²) in [4.78, 5) is 0. The summed E-state index contributed by atoms with van der Waals surface area (Å²) in [6, 6.07) is 0.784. The van der Waals surface area contributed by atoms with Crippen LogP contribution in [0.1, 0.15) is 47.0 Å². The highest BCUT2D eigenvalue weighted by molar-refractivity contribution is 5.12. The average molecular weight is 181 g/mol. The molecule has 0 radical (unpaired) electrons. The Hall–Kier alpha value is -0.0400. The lowest BCUT2D eigenvalue weighted by molar-refractivity contribution is 0.122. The van der Waals surface area contributed by atoms with E-state index in [-0.39, 0.29) is 0 Å². The predicted octanol–water partition coefficient (Wildman–Crippen LogP) is 2.81. The zero-order chi connectivity index (χ0) is 9.69. The van der Waals surface area contributed by atoms with Gasteiger partial charge >= 0.3 is 0 Å². The Morgan fingerprint density at radius 1 is 1.31 bits per heavy atom. The first-order chi connectivity index (χ1) is 6.02. The predicted molar refractivity (Wildman–Crippen MR) is 56.7 cm³/mol. The molecule has 0 spiro atoms. The van der Waals surface area contributed by atoms with Crippen molar-refractivity contribution in [3.05, 3.63) is 0 Å². The van der Waals surface area contributed by atoms with E-state index >= 15 is 0 Å². The highest BCUT2D eigenvalue weighted by Gasteiger charge is 2.60. The zero-order valence-corrected chi connectivity index (χ0v) is 9.48. The van der Waals surface area contributed by atoms with Crippen molar-refractivity contribution in [3.8, 4) is 0 Å². The molecule has 0 heterocycles. The van der Waals surface area contributed by atoms with Crippen molar-refractivity contribution in [1.82, 2.24) is 5.32 Å². The number of nitrogens with one attached hydrogen (secondary N) is 1. The monoisotopic (exact) mass is 181 g/mol. The maximum Gasteiger partial charge on any atom is 0.0129 e. The molecule has 1 nitrogen and oxygen atoms in total. The standard InChI is InChI=1S/C12H23N/c1-5-13-10-8-9-6-7-12(10,4)11(9,2)3/h9-10,13H,5-8H2,1-4H3/t9-,10+,12+/m0/s1. The first kappa shape index (κ1) is 9.51. The van der Waals surface area contributed by atoms with E-state index in [1.807, 2.05) is 0 Å². The van der Waals surface area contributed by atoms with Gasteiger partial charge in [-0.3, -0.25) is 0 Å². The maximum atomic E-state index is 3.67. The lowest BCUT2D eigenvalue weighted by atomic mass is 9.69. The topological polar surface area (TPSA) is 12.0 Å². The minimum atomic E-state index is 0.563. The molecule has 0 aromatic heterocycles. The molecule has 3 atom stereocenters. The quantitative estimate of drug-likeness (QED) is 0.690. The number of hydrogen-bond donors (Lipinski definition) is 1. The van der Waals surface area contributed by atoms with E-state index in [2.05, 4.69) is 33.0 Å². The fourth-order valence-corrected chi connectivity index (χ4v) is 3.76. The molecule has 2 saturated carbocycles. The fourth-order valence-electron chi connectivity index (χ4n) is 3.76. The molecule has 0 aromatic rings. The van der Waals surface area contributed by atoms with Crippen LogP contribution >= 0.6 is 0 Å². The molecular weight excluding hydrogens is 158 g/mol. The first-order valence-corrected chi connectivity index (χ1v) is 5.75. The van der Waals surface area contributed by atoms with Gasteiger partial charge in [0.15, 0.2) is 0 Å². The van der Waals surface area contributed by atoms with E-state index in [1.165, 1.54) is 19.3 Å². The normalized spacial score (nSPS) is 47.1. The molecule has 1 heteroatoms. The molecule has 0 aliphatic heterocycles. The highest BCUT2D eigenvalue weighted by Crippen LogP contribution is 2.65. The van der Waals surface area contributed by atoms with Crippen LogP contribution in [0.3, 0.4) is 0 Å². The zero-order valence-electron chi connectivity index (χ0n) is 9.48. The Balaban J connectivity index is 2.22. The van der Waals surface area contributed by atoms with Crippen molar-refractivity contribution in [2.24, 2.45) is 16.7 Å². The van der Waals surface area contributed by atoms with Gasteiger partial charge in [0.2, 0.25) is 0 Å². The first-order valence-electron chi connectivity index (χ1n) is 5.75. The van der Waals surface area contributed by atoms with Crippen LogP contribution in [0, 0.1) is 16.7 Å². The van der Waals surface area contributed by atoms with E-state index in [9.17, 15) is 0 Å². The molecule has 2 aliphatic carbocycles. The van der Waals surface area contributed by atoms with Gasteiger partial charge in [-0.2, -0.15) is 0 Å². The van der Waals surface area contributed by atoms with Gasteiger partial charge in [0.1, 0.15) is 0 Å². The van der Waals surface area contributed by atoms with Crippen molar-refractivity contribution >= 4 is 0 Å². The molecule has 0 aromatic carbocycles. The molecule has 0 amide bonds. The number of fused-ring (bicyclic) bond motifs is 2. The van der Waals surface area contributed by atoms with Gasteiger partial charge in [-0.15, -0.1) is 0 Å². The van der Waals surface area contributed by atoms with Gasteiger partial charge in [-0.05, 0) is 42.6 Å². The smallest absolute Gasteiger partial charge is 0.0129 e. The lowest BCUT2D eigenvalue weighted by Gasteiger charge is -2.39. The van der Waals surface area contributed by atoms with Crippen molar-refractivity contribution < 1.29 is 0 Å². The van der Waals surface area contributed by atoms with Gasteiger partial charge in [-0.25, -0.2) is 0 Å². The van der Waals surface area contributed by atoms with Crippen molar-refractivity contribution in [2.45, 2.75) is 53.0 Å². The Morgan fingerprint density at radius 2 is 2.00 bits per heavy atom. The third-order valence-electron chi connectivity index (χ3n) is 5.24. The van der Waals surface area contributed by atoms with Crippen LogP contribution < -0.4 is 5.32 Å². The summed E-state index contributed by atoms with van der Waals surface area (Å²) in [7, 11) is 0. The van der Waals surface area contributed by atoms with Gasteiger partial charge in [0.05, 0.1) is 0 Å². The third kappa shape index (κ3) is 1.03. The lowest BCUT2D eigenvalue weighted by Crippen LogP contribution is -2.44. The van der Waals surface area contributed by atoms with Crippen LogP contribution in [0.15, 0.2) is 0 Å².